The molecule has 0 aromatic heterocycles. The lowest BCUT2D eigenvalue weighted by molar-refractivity contribution is -0.146. The molecule has 1 amide bonds. The molecule has 108 valence electrons. The zero-order valence-electron chi connectivity index (χ0n) is 11.1. The van der Waals surface area contributed by atoms with Crippen molar-refractivity contribution in [2.45, 2.75) is 26.3 Å². The monoisotopic (exact) mass is 283 g/mol. The third kappa shape index (κ3) is 2.26. The van der Waals surface area contributed by atoms with E-state index in [1.165, 1.54) is 13.0 Å². The van der Waals surface area contributed by atoms with Crippen LogP contribution in [0.3, 0.4) is 0 Å². The molecule has 1 saturated heterocycles. The molecule has 1 aromatic rings. The van der Waals surface area contributed by atoms with Crippen molar-refractivity contribution in [2.24, 2.45) is 11.8 Å². The zero-order valence-corrected chi connectivity index (χ0v) is 11.1. The minimum absolute atomic E-state index is 0.0465. The predicted molar refractivity (Wildman–Crippen MR) is 68.2 cm³/mol. The van der Waals surface area contributed by atoms with Crippen molar-refractivity contribution in [2.75, 3.05) is 4.90 Å². The van der Waals surface area contributed by atoms with Crippen molar-refractivity contribution in [3.8, 4) is 0 Å². The van der Waals surface area contributed by atoms with E-state index in [0.717, 1.165) is 17.0 Å². The van der Waals surface area contributed by atoms with Gasteiger partial charge in [0.25, 0.3) is 0 Å². The number of anilines is 1. The molecule has 0 aliphatic carbocycles. The Morgan fingerprint density at radius 2 is 1.85 bits per heavy atom. The summed E-state index contributed by atoms with van der Waals surface area (Å²) in [5, 5.41) is 9.24. The van der Waals surface area contributed by atoms with E-state index in [0.29, 0.717) is 0 Å². The topological polar surface area (TPSA) is 57.6 Å². The molecule has 4 nitrogen and oxygen atoms in total. The van der Waals surface area contributed by atoms with Gasteiger partial charge in [0, 0.05) is 12.5 Å². The van der Waals surface area contributed by atoms with Crippen LogP contribution in [0.1, 0.15) is 20.3 Å². The van der Waals surface area contributed by atoms with Crippen molar-refractivity contribution in [3.63, 3.8) is 0 Å². The molecule has 20 heavy (non-hydrogen) atoms. The molecule has 1 aliphatic rings. The lowest BCUT2D eigenvalue weighted by Gasteiger charge is -2.40. The highest BCUT2D eigenvalue weighted by molar-refractivity contribution is 5.96. The van der Waals surface area contributed by atoms with E-state index in [1.807, 2.05) is 0 Å². The highest BCUT2D eigenvalue weighted by Gasteiger charge is 2.43. The van der Waals surface area contributed by atoms with Gasteiger partial charge in [0.05, 0.1) is 5.92 Å². The third-order valence-electron chi connectivity index (χ3n) is 3.77. The number of carbonyl (C=O) groups is 2. The van der Waals surface area contributed by atoms with Crippen LogP contribution in [-0.2, 0) is 9.59 Å². The van der Waals surface area contributed by atoms with E-state index in [4.69, 9.17) is 0 Å². The summed E-state index contributed by atoms with van der Waals surface area (Å²) < 4.78 is 27.7. The Morgan fingerprint density at radius 3 is 2.35 bits per heavy atom. The van der Waals surface area contributed by atoms with E-state index in [1.54, 1.807) is 6.92 Å². The molecule has 6 heteroatoms. The Labute approximate surface area is 115 Å². The van der Waals surface area contributed by atoms with Gasteiger partial charge in [-0.2, -0.15) is 0 Å². The molecule has 3 unspecified atom stereocenters. The highest BCUT2D eigenvalue weighted by atomic mass is 19.1. The molecule has 0 bridgehead atoms. The number of hydrogen-bond donors (Lipinski definition) is 1. The Kier molecular flexibility index (Phi) is 3.74. The van der Waals surface area contributed by atoms with Crippen LogP contribution in [0.25, 0.3) is 0 Å². The van der Waals surface area contributed by atoms with Crippen molar-refractivity contribution in [1.82, 2.24) is 0 Å². The number of amides is 1. The number of halogens is 2. The van der Waals surface area contributed by atoms with Gasteiger partial charge in [-0.15, -0.1) is 0 Å². The molecule has 1 fully saturated rings. The molecule has 3 atom stereocenters. The quantitative estimate of drug-likeness (QED) is 0.907. The van der Waals surface area contributed by atoms with Crippen LogP contribution >= 0.6 is 0 Å². The average Bonchev–Trinajstić information content (AvgIpc) is 2.31. The number of piperidine rings is 1. The maximum Gasteiger partial charge on any atom is 0.308 e. The van der Waals surface area contributed by atoms with Crippen molar-refractivity contribution in [1.29, 1.82) is 0 Å². The molecule has 0 saturated carbocycles. The number of rotatable bonds is 2. The summed E-state index contributed by atoms with van der Waals surface area (Å²) in [5.74, 6) is -4.51. The van der Waals surface area contributed by atoms with Crippen LogP contribution in [0.5, 0.6) is 0 Å². The van der Waals surface area contributed by atoms with Crippen LogP contribution in [0.2, 0.25) is 0 Å². The van der Waals surface area contributed by atoms with Gasteiger partial charge in [0.15, 0.2) is 0 Å². The van der Waals surface area contributed by atoms with Gasteiger partial charge in [-0.1, -0.05) is 13.0 Å². The van der Waals surface area contributed by atoms with Crippen LogP contribution in [0, 0.1) is 23.5 Å². The van der Waals surface area contributed by atoms with E-state index in [9.17, 15) is 23.5 Å². The van der Waals surface area contributed by atoms with Crippen LogP contribution < -0.4 is 4.90 Å². The van der Waals surface area contributed by atoms with E-state index < -0.39 is 41.2 Å². The normalized spacial score (nSPS) is 26.7. The number of carboxylic acids is 1. The molecule has 0 spiro atoms. The Hall–Kier alpha value is -1.98. The van der Waals surface area contributed by atoms with E-state index >= 15 is 0 Å². The maximum absolute atomic E-state index is 13.8. The molecule has 2 rings (SSSR count). The van der Waals surface area contributed by atoms with Gasteiger partial charge >= 0.3 is 5.97 Å². The van der Waals surface area contributed by atoms with Gasteiger partial charge in [-0.05, 0) is 25.0 Å². The fourth-order valence-electron chi connectivity index (χ4n) is 2.86. The number of carbonyl (C=O) groups excluding carboxylic acids is 1. The summed E-state index contributed by atoms with van der Waals surface area (Å²) in [4.78, 5) is 24.3. The summed E-state index contributed by atoms with van der Waals surface area (Å²) in [7, 11) is 0. The number of para-hydroxylation sites is 1. The summed E-state index contributed by atoms with van der Waals surface area (Å²) in [6, 6.07) is 2.48. The van der Waals surface area contributed by atoms with Crippen molar-refractivity contribution >= 4 is 17.6 Å². The molecule has 1 N–H and O–H groups in total. The lowest BCUT2D eigenvalue weighted by atomic mass is 9.80. The predicted octanol–water partition coefficient (Wildman–Crippen LogP) is 2.43. The van der Waals surface area contributed by atoms with Crippen LogP contribution in [0.4, 0.5) is 14.5 Å². The first-order valence-corrected chi connectivity index (χ1v) is 6.33. The standard InChI is InChI=1S/C14H15F2NO3/c1-7-6-11(18)17(8(2)12(7)14(19)20)13-9(15)4-3-5-10(13)16/h3-5,7-8,12H,6H2,1-2H3,(H,19,20). The van der Waals surface area contributed by atoms with Gasteiger partial charge in [0.2, 0.25) is 5.91 Å². The third-order valence-corrected chi connectivity index (χ3v) is 3.77. The summed E-state index contributed by atoms with van der Waals surface area (Å²) in [6.07, 6.45) is -0.0465. The molecule has 1 aliphatic heterocycles. The molecule has 1 aromatic carbocycles. The first-order valence-electron chi connectivity index (χ1n) is 6.33. The molecular formula is C14H15F2NO3. The van der Waals surface area contributed by atoms with Crippen LogP contribution in [0.15, 0.2) is 18.2 Å². The number of nitrogens with zero attached hydrogens (tertiary/aromatic N) is 1. The second-order valence-corrected chi connectivity index (χ2v) is 5.12. The lowest BCUT2D eigenvalue weighted by Crippen LogP contribution is -2.53. The Morgan fingerprint density at radius 1 is 1.30 bits per heavy atom. The summed E-state index contributed by atoms with van der Waals surface area (Å²) in [6.45, 7) is 3.15. The SMILES string of the molecule is CC1CC(=O)N(c2c(F)cccc2F)C(C)C1C(=O)O. The van der Waals surface area contributed by atoms with Crippen LogP contribution in [-0.4, -0.2) is 23.0 Å². The van der Waals surface area contributed by atoms with Crippen molar-refractivity contribution < 1.29 is 23.5 Å². The first kappa shape index (κ1) is 14.4. The second kappa shape index (κ2) is 5.19. The van der Waals surface area contributed by atoms with Gasteiger partial charge in [0.1, 0.15) is 17.3 Å². The minimum atomic E-state index is -1.07. The number of hydrogen-bond acceptors (Lipinski definition) is 2. The zero-order chi connectivity index (χ0) is 15.0. The second-order valence-electron chi connectivity index (χ2n) is 5.12. The largest absolute Gasteiger partial charge is 0.481 e. The minimum Gasteiger partial charge on any atom is -0.481 e. The average molecular weight is 283 g/mol. The van der Waals surface area contributed by atoms with Gasteiger partial charge in [-0.3, -0.25) is 9.59 Å². The van der Waals surface area contributed by atoms with Crippen molar-refractivity contribution in [3.05, 3.63) is 29.8 Å². The number of aliphatic carboxylic acids is 1. The highest BCUT2D eigenvalue weighted by Crippen LogP contribution is 2.35. The first-order chi connectivity index (χ1) is 9.34. The maximum atomic E-state index is 13.8. The van der Waals surface area contributed by atoms with Gasteiger partial charge < -0.3 is 10.0 Å². The Bertz CT molecular complexity index is 541. The molecule has 0 radical (unpaired) electrons. The van der Waals surface area contributed by atoms with Gasteiger partial charge in [-0.25, -0.2) is 8.78 Å². The fourth-order valence-corrected chi connectivity index (χ4v) is 2.86. The molecular weight excluding hydrogens is 268 g/mol. The summed E-state index contributed by atoms with van der Waals surface area (Å²) in [5.41, 5.74) is -0.469. The van der Waals surface area contributed by atoms with E-state index in [-0.39, 0.29) is 12.3 Å². The smallest absolute Gasteiger partial charge is 0.308 e. The number of benzene rings is 1. The Balaban J connectivity index is 2.49. The molecule has 1 heterocycles. The summed E-state index contributed by atoms with van der Waals surface area (Å²) >= 11 is 0. The number of carboxylic acid groups (broad SMARTS) is 1. The van der Waals surface area contributed by atoms with E-state index in [2.05, 4.69) is 0 Å². The fraction of sp³-hybridized carbons (Fsp3) is 0.429.